The summed E-state index contributed by atoms with van der Waals surface area (Å²) in [5.41, 5.74) is 1.04. The van der Waals surface area contributed by atoms with E-state index in [1.807, 2.05) is 55.6 Å². The van der Waals surface area contributed by atoms with Crippen LogP contribution in [0, 0.1) is 18.8 Å². The Bertz CT molecular complexity index is 1340. The fourth-order valence-electron chi connectivity index (χ4n) is 4.72. The van der Waals surface area contributed by atoms with Gasteiger partial charge in [0.1, 0.15) is 11.5 Å². The molecule has 4 rings (SSSR count). The van der Waals surface area contributed by atoms with Crippen molar-refractivity contribution < 1.29 is 29.0 Å². The maximum absolute atomic E-state index is 13.7. The Balaban J connectivity index is 1.55. The fourth-order valence-corrected chi connectivity index (χ4v) is 5.13. The summed E-state index contributed by atoms with van der Waals surface area (Å²) in [6.45, 7) is 5.53. The highest BCUT2D eigenvalue weighted by molar-refractivity contribution is 7.98. The molecule has 1 aliphatic heterocycles. The summed E-state index contributed by atoms with van der Waals surface area (Å²) in [5.74, 6) is -0.615. The molecule has 0 aromatic heterocycles. The molecule has 1 unspecified atom stereocenters. The van der Waals surface area contributed by atoms with Gasteiger partial charge in [-0.25, -0.2) is 9.59 Å². The van der Waals surface area contributed by atoms with Crippen LogP contribution in [0.1, 0.15) is 35.3 Å². The number of hydrogen-bond acceptors (Lipinski definition) is 6. The number of aliphatic carboxylic acids is 1. The highest BCUT2D eigenvalue weighted by Crippen LogP contribution is 2.33. The number of amides is 1. The smallest absolute Gasteiger partial charge is 0.415 e. The number of carboxylic acid groups (broad SMARTS) is 1. The number of carboxylic acids is 1. The van der Waals surface area contributed by atoms with Gasteiger partial charge in [0.2, 0.25) is 0 Å². The summed E-state index contributed by atoms with van der Waals surface area (Å²) in [7, 11) is 0. The van der Waals surface area contributed by atoms with Gasteiger partial charge in [0, 0.05) is 29.5 Å². The summed E-state index contributed by atoms with van der Waals surface area (Å²) in [4.78, 5) is 40.8. The lowest BCUT2D eigenvalue weighted by molar-refractivity contribution is -0.152. The summed E-state index contributed by atoms with van der Waals surface area (Å²) in [6.07, 6.45) is 2.08. The molecule has 1 N–H and O–H groups in total. The van der Waals surface area contributed by atoms with Gasteiger partial charge in [-0.05, 0) is 80.8 Å². The normalized spacial score (nSPS) is 17.1. The van der Waals surface area contributed by atoms with Gasteiger partial charge >= 0.3 is 12.1 Å². The molecule has 1 fully saturated rings. The van der Waals surface area contributed by atoms with Gasteiger partial charge in [0.05, 0.1) is 0 Å². The average molecular weight is 548 g/mol. The molecule has 0 bridgehead atoms. The lowest BCUT2D eigenvalue weighted by Gasteiger charge is -2.23. The quantitative estimate of drug-likeness (QED) is 0.254. The zero-order valence-electron chi connectivity index (χ0n) is 22.5. The monoisotopic (exact) mass is 547 g/mol. The third-order valence-electron chi connectivity index (χ3n) is 6.98. The molecular weight excluding hydrogens is 514 g/mol. The van der Waals surface area contributed by atoms with Crippen molar-refractivity contribution in [2.45, 2.75) is 37.7 Å². The average Bonchev–Trinajstić information content (AvgIpc) is 3.34. The van der Waals surface area contributed by atoms with Crippen molar-refractivity contribution in [2.75, 3.05) is 19.3 Å². The van der Waals surface area contributed by atoms with Crippen LogP contribution in [0.3, 0.4) is 0 Å². The number of benzene rings is 3. The summed E-state index contributed by atoms with van der Waals surface area (Å²) >= 11 is 1.61. The van der Waals surface area contributed by atoms with Gasteiger partial charge < -0.3 is 19.5 Å². The molecule has 3 aromatic carbocycles. The number of likely N-dealkylation sites (tertiary alicyclic amines) is 1. The van der Waals surface area contributed by atoms with E-state index in [1.54, 1.807) is 47.0 Å². The second-order valence-electron chi connectivity index (χ2n) is 10.3. The molecule has 1 saturated heterocycles. The Morgan fingerprint density at radius 2 is 1.69 bits per heavy atom. The predicted molar refractivity (Wildman–Crippen MR) is 151 cm³/mol. The van der Waals surface area contributed by atoms with E-state index in [0.717, 1.165) is 16.0 Å². The molecule has 0 saturated carbocycles. The first-order valence-corrected chi connectivity index (χ1v) is 14.0. The summed E-state index contributed by atoms with van der Waals surface area (Å²) in [6, 6.07) is 22.1. The van der Waals surface area contributed by atoms with Crippen molar-refractivity contribution in [3.8, 4) is 11.5 Å². The molecule has 0 radical (unpaired) electrons. The molecule has 0 spiro atoms. The van der Waals surface area contributed by atoms with E-state index in [1.165, 1.54) is 13.8 Å². The summed E-state index contributed by atoms with van der Waals surface area (Å²) in [5, 5.41) is 9.40. The van der Waals surface area contributed by atoms with Crippen LogP contribution in [-0.2, 0) is 11.2 Å². The van der Waals surface area contributed by atoms with Crippen molar-refractivity contribution >= 4 is 29.6 Å². The van der Waals surface area contributed by atoms with Crippen LogP contribution < -0.4 is 9.47 Å². The number of ketones is 1. The molecule has 1 heterocycles. The van der Waals surface area contributed by atoms with E-state index in [9.17, 15) is 19.5 Å². The van der Waals surface area contributed by atoms with E-state index in [2.05, 4.69) is 0 Å². The maximum Gasteiger partial charge on any atom is 0.415 e. The van der Waals surface area contributed by atoms with Crippen molar-refractivity contribution in [1.82, 2.24) is 4.90 Å². The van der Waals surface area contributed by atoms with E-state index in [-0.39, 0.29) is 18.2 Å². The number of ether oxygens (including phenoxy) is 2. The van der Waals surface area contributed by atoms with Crippen molar-refractivity contribution in [2.24, 2.45) is 11.8 Å². The number of hydrogen-bond donors (Lipinski definition) is 1. The zero-order valence-corrected chi connectivity index (χ0v) is 23.4. The lowest BCUT2D eigenvalue weighted by Crippen LogP contribution is -2.38. The number of aryl methyl sites for hydroxylation is 1. The first kappa shape index (κ1) is 28.2. The van der Waals surface area contributed by atoms with Gasteiger partial charge in [0.15, 0.2) is 11.4 Å². The van der Waals surface area contributed by atoms with Gasteiger partial charge in [-0.2, -0.15) is 0 Å². The Labute approximate surface area is 233 Å². The van der Waals surface area contributed by atoms with Crippen molar-refractivity contribution in [3.05, 3.63) is 89.5 Å². The third-order valence-corrected chi connectivity index (χ3v) is 7.72. The number of para-hydroxylation sites is 1. The van der Waals surface area contributed by atoms with Crippen LogP contribution in [0.4, 0.5) is 4.79 Å². The number of thioether (sulfide) groups is 1. The summed E-state index contributed by atoms with van der Waals surface area (Å²) < 4.78 is 11.3. The highest BCUT2D eigenvalue weighted by atomic mass is 32.2. The number of Topliss-reactive ketones (excluding diaryl/α,β-unsaturated/α-hetero) is 1. The molecule has 7 nitrogen and oxygen atoms in total. The molecule has 1 aliphatic rings. The molecule has 0 aliphatic carbocycles. The zero-order chi connectivity index (χ0) is 28.2. The Hall–Kier alpha value is -3.78. The molecule has 204 valence electrons. The second-order valence-corrected chi connectivity index (χ2v) is 11.1. The largest absolute Gasteiger partial charge is 0.478 e. The van der Waals surface area contributed by atoms with Crippen LogP contribution in [-0.4, -0.2) is 52.8 Å². The highest BCUT2D eigenvalue weighted by Gasteiger charge is 2.40. The van der Waals surface area contributed by atoms with Crippen molar-refractivity contribution in [1.29, 1.82) is 0 Å². The molecule has 1 amide bonds. The van der Waals surface area contributed by atoms with E-state index in [0.29, 0.717) is 30.0 Å². The van der Waals surface area contributed by atoms with Gasteiger partial charge in [0.25, 0.3) is 0 Å². The molecule has 39 heavy (non-hydrogen) atoms. The van der Waals surface area contributed by atoms with Gasteiger partial charge in [-0.1, -0.05) is 42.5 Å². The van der Waals surface area contributed by atoms with E-state index >= 15 is 0 Å². The first-order valence-electron chi connectivity index (χ1n) is 12.8. The van der Waals surface area contributed by atoms with Crippen LogP contribution in [0.25, 0.3) is 0 Å². The topological polar surface area (TPSA) is 93.1 Å². The van der Waals surface area contributed by atoms with E-state index < -0.39 is 23.6 Å². The van der Waals surface area contributed by atoms with Gasteiger partial charge in [-0.15, -0.1) is 11.8 Å². The maximum atomic E-state index is 13.7. The number of carbonyl (C=O) groups is 3. The number of nitrogens with zero attached hydrogens (tertiary/aromatic N) is 1. The molecule has 2 atom stereocenters. The Morgan fingerprint density at radius 1 is 1.00 bits per heavy atom. The molecule has 8 heteroatoms. The second kappa shape index (κ2) is 11.9. The van der Waals surface area contributed by atoms with Crippen molar-refractivity contribution in [3.63, 3.8) is 0 Å². The minimum atomic E-state index is -1.36. The Kier molecular flexibility index (Phi) is 8.65. The number of rotatable bonds is 9. The van der Waals surface area contributed by atoms with Crippen LogP contribution in [0.2, 0.25) is 0 Å². The standard InChI is InChI=1S/C31H33NO6S/c1-20-16-21(10-15-27(20)38-31(2,3)29(34)35)17-23-18-32(30(36)37-24-8-6-5-7-9-24)19-26(23)28(33)22-11-13-25(39-4)14-12-22/h5-16,23,26H,17-19H2,1-4H3,(H,34,35)/t23?,26-/m0/s1. The molecule has 3 aromatic rings. The SMILES string of the molecule is CSc1ccc(C(=O)[C@H]2CN(C(=O)Oc3ccccc3)CC2Cc2ccc(OC(C)(C)C(=O)O)c(C)c2)cc1. The van der Waals surface area contributed by atoms with Crippen LogP contribution in [0.5, 0.6) is 11.5 Å². The van der Waals surface area contributed by atoms with Crippen LogP contribution in [0.15, 0.2) is 77.7 Å². The van der Waals surface area contributed by atoms with Crippen LogP contribution >= 0.6 is 11.8 Å². The van der Waals surface area contributed by atoms with Gasteiger partial charge in [-0.3, -0.25) is 4.79 Å². The first-order chi connectivity index (χ1) is 18.6. The predicted octanol–water partition coefficient (Wildman–Crippen LogP) is 6.13. The lowest BCUT2D eigenvalue weighted by atomic mass is 9.84. The molecular formula is C31H33NO6S. The third kappa shape index (κ3) is 6.81. The number of carbonyl (C=O) groups excluding carboxylic acids is 2. The Morgan fingerprint density at radius 3 is 2.31 bits per heavy atom. The van der Waals surface area contributed by atoms with E-state index in [4.69, 9.17) is 9.47 Å². The minimum Gasteiger partial charge on any atom is -0.478 e. The fraction of sp³-hybridized carbons (Fsp3) is 0.323. The minimum absolute atomic E-state index is 0.00236.